The van der Waals surface area contributed by atoms with Gasteiger partial charge in [-0.15, -0.1) is 0 Å². The van der Waals surface area contributed by atoms with Crippen LogP contribution in [0.25, 0.3) is 0 Å². The maximum Gasteiger partial charge on any atom is 0.331 e. The zero-order chi connectivity index (χ0) is 15.7. The fourth-order valence-corrected chi connectivity index (χ4v) is 2.22. The van der Waals surface area contributed by atoms with E-state index in [0.717, 1.165) is 0 Å². The lowest BCUT2D eigenvalue weighted by Gasteiger charge is -2.13. The third kappa shape index (κ3) is 3.03. The highest BCUT2D eigenvalue weighted by Gasteiger charge is 2.26. The molecule has 0 spiro atoms. The van der Waals surface area contributed by atoms with E-state index in [0.29, 0.717) is 5.56 Å². The molecule has 0 fully saturated rings. The molecule has 0 aliphatic carbocycles. The number of halogens is 2. The van der Waals surface area contributed by atoms with E-state index in [1.54, 1.807) is 14.1 Å². The van der Waals surface area contributed by atoms with Gasteiger partial charge in [-0.05, 0) is 6.07 Å². The number of carbonyl (C=O) groups is 2. The summed E-state index contributed by atoms with van der Waals surface area (Å²) in [5, 5.41) is 16.0. The summed E-state index contributed by atoms with van der Waals surface area (Å²) in [6.45, 7) is 0. The zero-order valence-corrected chi connectivity index (χ0v) is 12.7. The molecule has 0 saturated carbocycles. The molecule has 112 valence electrons. The van der Waals surface area contributed by atoms with Crippen LogP contribution in [0.1, 0.15) is 22.1 Å². The molecule has 21 heavy (non-hydrogen) atoms. The summed E-state index contributed by atoms with van der Waals surface area (Å²) < 4.78 is 2.83. The van der Waals surface area contributed by atoms with Crippen LogP contribution in [-0.2, 0) is 18.9 Å². The smallest absolute Gasteiger partial charge is 0.331 e. The van der Waals surface area contributed by atoms with Crippen LogP contribution in [0, 0.1) is 0 Å². The second kappa shape index (κ2) is 5.79. The van der Waals surface area contributed by atoms with Gasteiger partial charge < -0.3 is 15.0 Å². The van der Waals surface area contributed by atoms with Gasteiger partial charge in [-0.2, -0.15) is 5.10 Å². The predicted molar refractivity (Wildman–Crippen MR) is 76.5 cm³/mol. The Hall–Kier alpha value is -1.99. The summed E-state index contributed by atoms with van der Waals surface area (Å²) in [4.78, 5) is 23.5. The second-order valence-electron chi connectivity index (χ2n) is 4.42. The van der Waals surface area contributed by atoms with Crippen LogP contribution >= 0.6 is 23.2 Å². The van der Waals surface area contributed by atoms with Crippen molar-refractivity contribution in [2.75, 3.05) is 0 Å². The van der Waals surface area contributed by atoms with Crippen molar-refractivity contribution in [3.8, 4) is 0 Å². The number of nitrogens with one attached hydrogen (secondary N) is 1. The Bertz CT molecular complexity index is 707. The number of nitrogens with zero attached hydrogens (tertiary/aromatic N) is 3. The first-order chi connectivity index (χ1) is 9.81. The van der Waals surface area contributed by atoms with Crippen molar-refractivity contribution in [2.24, 2.45) is 14.1 Å². The lowest BCUT2D eigenvalue weighted by molar-refractivity contribution is -0.139. The maximum absolute atomic E-state index is 12.2. The van der Waals surface area contributed by atoms with Crippen molar-refractivity contribution in [3.63, 3.8) is 0 Å². The van der Waals surface area contributed by atoms with E-state index in [1.807, 2.05) is 0 Å². The minimum atomic E-state index is -1.21. The number of aliphatic carboxylic acids is 1. The molecule has 0 bridgehead atoms. The second-order valence-corrected chi connectivity index (χ2v) is 5.18. The van der Waals surface area contributed by atoms with E-state index in [1.165, 1.54) is 27.7 Å². The molecule has 2 aromatic rings. The first-order valence-electron chi connectivity index (χ1n) is 5.84. The Labute approximate surface area is 130 Å². The van der Waals surface area contributed by atoms with Gasteiger partial charge >= 0.3 is 5.97 Å². The first kappa shape index (κ1) is 15.4. The topological polar surface area (TPSA) is 89.2 Å². The molecule has 7 nitrogen and oxygen atoms in total. The van der Waals surface area contributed by atoms with Crippen LogP contribution in [0.5, 0.6) is 0 Å². The number of hydrogen-bond acceptors (Lipinski definition) is 3. The highest BCUT2D eigenvalue weighted by atomic mass is 35.5. The third-order valence-corrected chi connectivity index (χ3v) is 3.77. The summed E-state index contributed by atoms with van der Waals surface area (Å²) in [5.74, 6) is -1.79. The van der Waals surface area contributed by atoms with Gasteiger partial charge in [0.15, 0.2) is 6.04 Å². The zero-order valence-electron chi connectivity index (χ0n) is 11.2. The van der Waals surface area contributed by atoms with Gasteiger partial charge in [-0.3, -0.25) is 9.48 Å². The quantitative estimate of drug-likeness (QED) is 0.891. The van der Waals surface area contributed by atoms with Gasteiger partial charge in [0.25, 0.3) is 5.91 Å². The average molecular weight is 331 g/mol. The summed E-state index contributed by atoms with van der Waals surface area (Å²) in [6.07, 6.45) is 2.90. The monoisotopic (exact) mass is 330 g/mol. The van der Waals surface area contributed by atoms with Crippen LogP contribution in [-0.4, -0.2) is 31.3 Å². The highest BCUT2D eigenvalue weighted by molar-refractivity contribution is 6.41. The minimum absolute atomic E-state index is 0.167. The molecule has 2 rings (SSSR count). The molecule has 0 radical (unpaired) electrons. The molecule has 2 aromatic heterocycles. The van der Waals surface area contributed by atoms with Crippen molar-refractivity contribution in [1.82, 2.24) is 19.7 Å². The summed E-state index contributed by atoms with van der Waals surface area (Å²) in [5.41, 5.74) is 0.532. The summed E-state index contributed by atoms with van der Waals surface area (Å²) in [6, 6.07) is 0.167. The van der Waals surface area contributed by atoms with E-state index in [9.17, 15) is 14.7 Å². The summed E-state index contributed by atoms with van der Waals surface area (Å²) >= 11 is 11.7. The Morgan fingerprint density at radius 2 is 2.05 bits per heavy atom. The van der Waals surface area contributed by atoms with E-state index in [2.05, 4.69) is 10.4 Å². The van der Waals surface area contributed by atoms with Gasteiger partial charge in [-0.25, -0.2) is 4.79 Å². The molecule has 2 heterocycles. The molecule has 0 saturated heterocycles. The summed E-state index contributed by atoms with van der Waals surface area (Å²) in [7, 11) is 3.21. The molecule has 1 atom stereocenters. The average Bonchev–Trinajstić information content (AvgIpc) is 2.95. The van der Waals surface area contributed by atoms with Gasteiger partial charge in [0.2, 0.25) is 0 Å². The lowest BCUT2D eigenvalue weighted by atomic mass is 10.1. The first-order valence-corrected chi connectivity index (χ1v) is 6.59. The van der Waals surface area contributed by atoms with Crippen molar-refractivity contribution in [1.29, 1.82) is 0 Å². The Morgan fingerprint density at radius 3 is 2.48 bits per heavy atom. The van der Waals surface area contributed by atoms with Crippen LogP contribution in [0.15, 0.2) is 18.5 Å². The molecule has 9 heteroatoms. The number of carbonyl (C=O) groups excluding carboxylic acids is 1. The molecule has 2 N–H and O–H groups in total. The Balaban J connectivity index is 2.27. The van der Waals surface area contributed by atoms with E-state index >= 15 is 0 Å². The number of aromatic nitrogens is 3. The van der Waals surface area contributed by atoms with E-state index < -0.39 is 17.9 Å². The van der Waals surface area contributed by atoms with Crippen molar-refractivity contribution >= 4 is 35.1 Å². The van der Waals surface area contributed by atoms with Crippen molar-refractivity contribution in [2.45, 2.75) is 6.04 Å². The number of rotatable bonds is 4. The molecule has 0 aliphatic heterocycles. The normalized spacial score (nSPS) is 12.2. The third-order valence-electron chi connectivity index (χ3n) is 2.93. The maximum atomic E-state index is 12.2. The van der Waals surface area contributed by atoms with Gasteiger partial charge in [0.1, 0.15) is 10.8 Å². The van der Waals surface area contributed by atoms with Gasteiger partial charge in [-0.1, -0.05) is 23.2 Å². The van der Waals surface area contributed by atoms with E-state index in [-0.39, 0.29) is 15.9 Å². The molecule has 1 unspecified atom stereocenters. The minimum Gasteiger partial charge on any atom is -0.479 e. The van der Waals surface area contributed by atoms with Crippen LogP contribution in [0.3, 0.4) is 0 Å². The van der Waals surface area contributed by atoms with Crippen molar-refractivity contribution in [3.05, 3.63) is 39.9 Å². The number of amides is 1. The largest absolute Gasteiger partial charge is 0.479 e. The number of carboxylic acid groups (broad SMARTS) is 1. The molecular formula is C12H12Cl2N4O3. The highest BCUT2D eigenvalue weighted by Crippen LogP contribution is 2.25. The number of hydrogen-bond donors (Lipinski definition) is 2. The Morgan fingerprint density at radius 1 is 1.38 bits per heavy atom. The van der Waals surface area contributed by atoms with Crippen molar-refractivity contribution < 1.29 is 14.7 Å². The number of aryl methyl sites for hydroxylation is 1. The van der Waals surface area contributed by atoms with Gasteiger partial charge in [0, 0.05) is 25.9 Å². The molecule has 0 aromatic carbocycles. The molecule has 0 aliphatic rings. The van der Waals surface area contributed by atoms with Gasteiger partial charge in [0.05, 0.1) is 11.2 Å². The van der Waals surface area contributed by atoms with Crippen LogP contribution in [0.2, 0.25) is 10.2 Å². The van der Waals surface area contributed by atoms with Crippen LogP contribution in [0.4, 0.5) is 0 Å². The van der Waals surface area contributed by atoms with Crippen LogP contribution < -0.4 is 5.32 Å². The lowest BCUT2D eigenvalue weighted by Crippen LogP contribution is -2.34. The standard InChI is InChI=1S/C12H12Cl2N4O3/c1-17-5-6(4-15-17)9(12(20)21)16-11(19)8-3-7(13)10(14)18(8)2/h3-5,9H,1-2H3,(H,16,19)(H,20,21). The molecular weight excluding hydrogens is 319 g/mol. The van der Waals surface area contributed by atoms with E-state index in [4.69, 9.17) is 23.2 Å². The molecule has 1 amide bonds. The predicted octanol–water partition coefficient (Wildman–Crippen LogP) is 1.62. The fourth-order valence-electron chi connectivity index (χ4n) is 1.84. The SMILES string of the molecule is Cn1cc(C(NC(=O)c2cc(Cl)c(Cl)n2C)C(=O)O)cn1. The number of carboxylic acids is 1. The Kier molecular flexibility index (Phi) is 4.24. The fraction of sp³-hybridized carbons (Fsp3) is 0.250.